The van der Waals surface area contributed by atoms with Gasteiger partial charge in [-0.3, -0.25) is 0 Å². The number of hydrogen-bond acceptors (Lipinski definition) is 2. The zero-order valence-electron chi connectivity index (χ0n) is 7.51. The van der Waals surface area contributed by atoms with Gasteiger partial charge in [-0.25, -0.2) is 4.98 Å². The number of benzene rings is 1. The van der Waals surface area contributed by atoms with Crippen LogP contribution < -0.4 is 5.73 Å². The van der Waals surface area contributed by atoms with Gasteiger partial charge in [0.2, 0.25) is 0 Å². The molecule has 0 bridgehead atoms. The summed E-state index contributed by atoms with van der Waals surface area (Å²) in [7, 11) is 0. The van der Waals surface area contributed by atoms with Crippen LogP contribution in [0.1, 0.15) is 5.56 Å². The van der Waals surface area contributed by atoms with Crippen molar-refractivity contribution in [1.29, 1.82) is 0 Å². The monoisotopic (exact) mass is 226 g/mol. The molecule has 1 heterocycles. The van der Waals surface area contributed by atoms with Crippen LogP contribution in [-0.2, 0) is 0 Å². The summed E-state index contributed by atoms with van der Waals surface area (Å²) in [4.78, 5) is 4.15. The molecule has 0 saturated heterocycles. The Balaban J connectivity index is 2.95. The smallest absolute Gasteiger partial charge is 0.131 e. The molecule has 2 rings (SSSR count). The van der Waals surface area contributed by atoms with Crippen molar-refractivity contribution in [2.75, 3.05) is 5.73 Å². The fourth-order valence-corrected chi connectivity index (χ4v) is 1.76. The molecule has 72 valence electrons. The average molecular weight is 227 g/mol. The molecule has 2 aromatic rings. The minimum atomic E-state index is 0.363. The highest BCUT2D eigenvalue weighted by molar-refractivity contribution is 6.37. The summed E-state index contributed by atoms with van der Waals surface area (Å²) in [5.74, 6) is 0. The molecule has 2 nitrogen and oxygen atoms in total. The van der Waals surface area contributed by atoms with Gasteiger partial charge < -0.3 is 5.73 Å². The first kappa shape index (κ1) is 9.56. The van der Waals surface area contributed by atoms with Crippen LogP contribution in [0.4, 0.5) is 5.69 Å². The van der Waals surface area contributed by atoms with Gasteiger partial charge in [0.25, 0.3) is 0 Å². The van der Waals surface area contributed by atoms with E-state index in [-0.39, 0.29) is 0 Å². The summed E-state index contributed by atoms with van der Waals surface area (Å²) >= 11 is 11.9. The maximum absolute atomic E-state index is 6.09. The van der Waals surface area contributed by atoms with Gasteiger partial charge in [-0.2, -0.15) is 0 Å². The highest BCUT2D eigenvalue weighted by Crippen LogP contribution is 2.30. The molecule has 0 saturated carbocycles. The Hall–Kier alpha value is -0.990. The van der Waals surface area contributed by atoms with Crippen molar-refractivity contribution >= 4 is 39.8 Å². The van der Waals surface area contributed by atoms with E-state index in [1.165, 1.54) is 0 Å². The Morgan fingerprint density at radius 2 is 2.00 bits per heavy atom. The molecule has 4 heteroatoms. The Morgan fingerprint density at radius 3 is 2.71 bits per heavy atom. The van der Waals surface area contributed by atoms with E-state index in [1.807, 2.05) is 19.1 Å². The summed E-state index contributed by atoms with van der Waals surface area (Å²) in [5.41, 5.74) is 8.02. The van der Waals surface area contributed by atoms with Crippen LogP contribution in [0.2, 0.25) is 10.2 Å². The van der Waals surface area contributed by atoms with E-state index in [2.05, 4.69) is 4.98 Å². The number of hydrogen-bond donors (Lipinski definition) is 1. The zero-order chi connectivity index (χ0) is 10.3. The molecule has 0 unspecified atom stereocenters. The lowest BCUT2D eigenvalue weighted by molar-refractivity contribution is 1.39. The molecule has 0 radical (unpaired) electrons. The number of fused-ring (bicyclic) bond motifs is 1. The number of aryl methyl sites for hydroxylation is 1. The second-order valence-corrected chi connectivity index (χ2v) is 3.89. The molecule has 0 atom stereocenters. The third kappa shape index (κ3) is 1.41. The predicted molar refractivity (Wildman–Crippen MR) is 60.9 cm³/mol. The lowest BCUT2D eigenvalue weighted by Crippen LogP contribution is -1.91. The largest absolute Gasteiger partial charge is 0.398 e. The Bertz CT molecular complexity index is 509. The first-order chi connectivity index (χ1) is 6.59. The van der Waals surface area contributed by atoms with E-state index >= 15 is 0 Å². The van der Waals surface area contributed by atoms with E-state index in [0.29, 0.717) is 21.4 Å². The van der Waals surface area contributed by atoms with Crippen molar-refractivity contribution in [3.05, 3.63) is 33.9 Å². The van der Waals surface area contributed by atoms with Crippen LogP contribution >= 0.6 is 23.2 Å². The Morgan fingerprint density at radius 1 is 1.29 bits per heavy atom. The molecule has 0 aliphatic carbocycles. The molecule has 1 aromatic heterocycles. The zero-order valence-corrected chi connectivity index (χ0v) is 9.02. The van der Waals surface area contributed by atoms with Gasteiger partial charge in [0.1, 0.15) is 5.15 Å². The van der Waals surface area contributed by atoms with Crippen LogP contribution in [0.15, 0.2) is 18.2 Å². The normalized spacial score (nSPS) is 10.8. The number of halogens is 2. The molecule has 0 aliphatic rings. The Kier molecular flexibility index (Phi) is 2.25. The SMILES string of the molecule is Cc1ccc2c(N)cc(Cl)nc2c1Cl. The van der Waals surface area contributed by atoms with Gasteiger partial charge in [0.05, 0.1) is 10.5 Å². The molecule has 1 aromatic carbocycles. The van der Waals surface area contributed by atoms with Gasteiger partial charge in [-0.1, -0.05) is 35.3 Å². The topological polar surface area (TPSA) is 38.9 Å². The van der Waals surface area contributed by atoms with Crippen molar-refractivity contribution in [2.45, 2.75) is 6.92 Å². The van der Waals surface area contributed by atoms with Crippen LogP contribution in [0.25, 0.3) is 10.9 Å². The van der Waals surface area contributed by atoms with Crippen LogP contribution in [0.5, 0.6) is 0 Å². The van der Waals surface area contributed by atoms with Gasteiger partial charge in [-0.05, 0) is 18.6 Å². The second-order valence-electron chi connectivity index (χ2n) is 3.13. The van der Waals surface area contributed by atoms with Gasteiger partial charge >= 0.3 is 0 Å². The predicted octanol–water partition coefficient (Wildman–Crippen LogP) is 3.43. The highest BCUT2D eigenvalue weighted by Gasteiger charge is 2.07. The van der Waals surface area contributed by atoms with E-state index < -0.39 is 0 Å². The number of aromatic nitrogens is 1. The average Bonchev–Trinajstić information content (AvgIpc) is 2.12. The number of nitrogens with two attached hydrogens (primary N) is 1. The summed E-state index contributed by atoms with van der Waals surface area (Å²) in [6, 6.07) is 5.43. The molecule has 14 heavy (non-hydrogen) atoms. The fraction of sp³-hybridized carbons (Fsp3) is 0.100. The summed E-state index contributed by atoms with van der Waals surface area (Å²) in [6.45, 7) is 1.92. The first-order valence-corrected chi connectivity index (χ1v) is 4.86. The third-order valence-corrected chi connectivity index (χ3v) is 2.78. The summed E-state index contributed by atoms with van der Waals surface area (Å²) < 4.78 is 0. The number of nitrogens with zero attached hydrogens (tertiary/aromatic N) is 1. The number of pyridine rings is 1. The van der Waals surface area contributed by atoms with E-state index in [1.54, 1.807) is 6.07 Å². The van der Waals surface area contributed by atoms with E-state index in [4.69, 9.17) is 28.9 Å². The number of rotatable bonds is 0. The third-order valence-electron chi connectivity index (χ3n) is 2.11. The van der Waals surface area contributed by atoms with Crippen LogP contribution in [-0.4, -0.2) is 4.98 Å². The molecular weight excluding hydrogens is 219 g/mol. The highest BCUT2D eigenvalue weighted by atomic mass is 35.5. The van der Waals surface area contributed by atoms with E-state index in [0.717, 1.165) is 10.9 Å². The first-order valence-electron chi connectivity index (χ1n) is 4.10. The minimum Gasteiger partial charge on any atom is -0.398 e. The second kappa shape index (κ2) is 3.30. The molecule has 0 spiro atoms. The fourth-order valence-electron chi connectivity index (χ4n) is 1.35. The van der Waals surface area contributed by atoms with Crippen LogP contribution in [0.3, 0.4) is 0 Å². The molecule has 0 fully saturated rings. The van der Waals surface area contributed by atoms with Crippen molar-refractivity contribution in [3.63, 3.8) is 0 Å². The summed E-state index contributed by atoms with van der Waals surface area (Å²) in [6.07, 6.45) is 0. The van der Waals surface area contributed by atoms with Crippen LogP contribution in [0, 0.1) is 6.92 Å². The van der Waals surface area contributed by atoms with Crippen molar-refractivity contribution < 1.29 is 0 Å². The number of nitrogen functional groups attached to an aromatic ring is 1. The van der Waals surface area contributed by atoms with Gasteiger partial charge in [0.15, 0.2) is 0 Å². The van der Waals surface area contributed by atoms with Gasteiger partial charge in [-0.15, -0.1) is 0 Å². The van der Waals surface area contributed by atoms with Crippen molar-refractivity contribution in [1.82, 2.24) is 4.98 Å². The van der Waals surface area contributed by atoms with Crippen molar-refractivity contribution in [3.8, 4) is 0 Å². The molecular formula is C10H8Cl2N2. The standard InChI is InChI=1S/C10H8Cl2N2/c1-5-2-3-6-7(13)4-8(11)14-10(6)9(5)12/h2-4H,1H3,(H2,13,14). The quantitative estimate of drug-likeness (QED) is 0.700. The minimum absolute atomic E-state index is 0.363. The number of anilines is 1. The maximum atomic E-state index is 6.09. The Labute approximate surface area is 91.6 Å². The molecule has 2 N–H and O–H groups in total. The maximum Gasteiger partial charge on any atom is 0.131 e. The lowest BCUT2D eigenvalue weighted by Gasteiger charge is -2.05. The summed E-state index contributed by atoms with van der Waals surface area (Å²) in [5, 5.41) is 1.81. The lowest BCUT2D eigenvalue weighted by atomic mass is 10.1. The molecule has 0 aliphatic heterocycles. The molecule has 0 amide bonds. The van der Waals surface area contributed by atoms with Gasteiger partial charge in [0, 0.05) is 11.1 Å². The van der Waals surface area contributed by atoms with E-state index in [9.17, 15) is 0 Å². The van der Waals surface area contributed by atoms with Crippen molar-refractivity contribution in [2.24, 2.45) is 0 Å².